The summed E-state index contributed by atoms with van der Waals surface area (Å²) in [5, 5.41) is 3.84. The molecule has 0 spiro atoms. The van der Waals surface area contributed by atoms with E-state index in [0.29, 0.717) is 5.41 Å². The van der Waals surface area contributed by atoms with E-state index < -0.39 is 0 Å². The lowest BCUT2D eigenvalue weighted by Gasteiger charge is -2.42. The molecule has 2 nitrogen and oxygen atoms in total. The van der Waals surface area contributed by atoms with E-state index in [1.54, 1.807) is 0 Å². The molecule has 0 aromatic carbocycles. The third-order valence-electron chi connectivity index (χ3n) is 5.79. The Morgan fingerprint density at radius 1 is 0.947 bits per heavy atom. The third-order valence-corrected chi connectivity index (χ3v) is 5.79. The number of hydrogen-bond donors (Lipinski definition) is 1. The second-order valence-corrected chi connectivity index (χ2v) is 7.57. The molecule has 2 heteroatoms. The molecule has 0 saturated heterocycles. The van der Waals surface area contributed by atoms with Gasteiger partial charge in [0.25, 0.3) is 0 Å². The highest BCUT2D eigenvalue weighted by molar-refractivity contribution is 4.92. The number of nitrogens with one attached hydrogen (secondary N) is 1. The van der Waals surface area contributed by atoms with Crippen LogP contribution in [0.15, 0.2) is 0 Å². The van der Waals surface area contributed by atoms with E-state index in [9.17, 15) is 0 Å². The molecule has 19 heavy (non-hydrogen) atoms. The van der Waals surface area contributed by atoms with Gasteiger partial charge in [0, 0.05) is 25.2 Å². The molecular weight excluding hydrogens is 232 g/mol. The predicted octanol–water partition coefficient (Wildman–Crippen LogP) is 3.56. The van der Waals surface area contributed by atoms with Gasteiger partial charge >= 0.3 is 0 Å². The highest BCUT2D eigenvalue weighted by atomic mass is 15.1. The maximum Gasteiger partial charge on any atom is 0.00924 e. The summed E-state index contributed by atoms with van der Waals surface area (Å²) in [6, 6.07) is 1.76. The summed E-state index contributed by atoms with van der Waals surface area (Å²) >= 11 is 0. The van der Waals surface area contributed by atoms with E-state index in [2.05, 4.69) is 17.3 Å². The van der Waals surface area contributed by atoms with Gasteiger partial charge < -0.3 is 10.2 Å². The van der Waals surface area contributed by atoms with E-state index in [1.165, 1.54) is 83.7 Å². The molecule has 3 saturated carbocycles. The maximum atomic E-state index is 3.84. The van der Waals surface area contributed by atoms with Crippen LogP contribution >= 0.6 is 0 Å². The van der Waals surface area contributed by atoms with E-state index in [1.807, 2.05) is 0 Å². The van der Waals surface area contributed by atoms with Crippen molar-refractivity contribution in [2.75, 3.05) is 20.1 Å². The monoisotopic (exact) mass is 264 g/mol. The molecule has 0 aliphatic heterocycles. The number of nitrogens with zero attached hydrogens (tertiary/aromatic N) is 1. The molecule has 0 bridgehead atoms. The van der Waals surface area contributed by atoms with E-state index >= 15 is 0 Å². The van der Waals surface area contributed by atoms with Crippen LogP contribution in [0.2, 0.25) is 0 Å². The summed E-state index contributed by atoms with van der Waals surface area (Å²) in [7, 11) is 2.39. The molecule has 0 heterocycles. The Labute approximate surface area is 119 Å². The van der Waals surface area contributed by atoms with Gasteiger partial charge in [0.2, 0.25) is 0 Å². The minimum Gasteiger partial charge on any atom is -0.313 e. The van der Waals surface area contributed by atoms with Gasteiger partial charge in [0.15, 0.2) is 0 Å². The first-order valence-corrected chi connectivity index (χ1v) is 8.71. The summed E-state index contributed by atoms with van der Waals surface area (Å²) < 4.78 is 0. The minimum atomic E-state index is 0.595. The van der Waals surface area contributed by atoms with Gasteiger partial charge in [0.1, 0.15) is 0 Å². The van der Waals surface area contributed by atoms with Gasteiger partial charge in [-0.15, -0.1) is 0 Å². The molecule has 3 rings (SSSR count). The van der Waals surface area contributed by atoms with Crippen LogP contribution in [0.4, 0.5) is 0 Å². The number of hydrogen-bond acceptors (Lipinski definition) is 2. The van der Waals surface area contributed by atoms with Crippen LogP contribution in [0.5, 0.6) is 0 Å². The van der Waals surface area contributed by atoms with Crippen LogP contribution in [-0.2, 0) is 0 Å². The van der Waals surface area contributed by atoms with Crippen molar-refractivity contribution < 1.29 is 0 Å². The highest BCUT2D eigenvalue weighted by Crippen LogP contribution is 2.38. The third kappa shape index (κ3) is 3.72. The summed E-state index contributed by atoms with van der Waals surface area (Å²) in [4.78, 5) is 2.72. The van der Waals surface area contributed by atoms with Crippen LogP contribution < -0.4 is 5.32 Å². The fourth-order valence-corrected chi connectivity index (χ4v) is 4.34. The number of rotatable bonds is 6. The first-order chi connectivity index (χ1) is 9.27. The van der Waals surface area contributed by atoms with Crippen LogP contribution in [0.1, 0.15) is 70.6 Å². The molecule has 1 N–H and O–H groups in total. The first-order valence-electron chi connectivity index (χ1n) is 8.71. The Morgan fingerprint density at radius 2 is 1.63 bits per heavy atom. The van der Waals surface area contributed by atoms with E-state index in [4.69, 9.17) is 0 Å². The zero-order valence-corrected chi connectivity index (χ0v) is 12.8. The van der Waals surface area contributed by atoms with Gasteiger partial charge in [-0.1, -0.05) is 32.1 Å². The van der Waals surface area contributed by atoms with Crippen molar-refractivity contribution in [2.24, 2.45) is 5.41 Å². The molecule has 0 unspecified atom stereocenters. The quantitative estimate of drug-likeness (QED) is 0.789. The van der Waals surface area contributed by atoms with Gasteiger partial charge in [-0.2, -0.15) is 0 Å². The average molecular weight is 264 g/mol. The van der Waals surface area contributed by atoms with E-state index in [-0.39, 0.29) is 0 Å². The Balaban J connectivity index is 1.56. The van der Waals surface area contributed by atoms with Crippen molar-refractivity contribution in [3.05, 3.63) is 0 Å². The largest absolute Gasteiger partial charge is 0.313 e. The fraction of sp³-hybridized carbons (Fsp3) is 1.00. The standard InChI is InChI=1S/C17H32N2/c1-19(16-7-3-4-8-16)14-17(11-5-2-6-12-17)13-18-15-9-10-15/h15-16,18H,2-14H2,1H3. The summed E-state index contributed by atoms with van der Waals surface area (Å²) in [5.74, 6) is 0. The lowest BCUT2D eigenvalue weighted by atomic mass is 9.73. The fourth-order valence-electron chi connectivity index (χ4n) is 4.34. The Morgan fingerprint density at radius 3 is 2.26 bits per heavy atom. The summed E-state index contributed by atoms with van der Waals surface area (Å²) in [6.07, 6.45) is 16.0. The smallest absolute Gasteiger partial charge is 0.00924 e. The molecule has 3 aliphatic carbocycles. The van der Waals surface area contributed by atoms with Crippen LogP contribution in [0.3, 0.4) is 0 Å². The van der Waals surface area contributed by atoms with Crippen molar-refractivity contribution in [3.63, 3.8) is 0 Å². The van der Waals surface area contributed by atoms with Gasteiger partial charge in [0.05, 0.1) is 0 Å². The molecule has 3 aliphatic rings. The normalized spacial score (nSPS) is 28.1. The average Bonchev–Trinajstić information content (AvgIpc) is 3.09. The highest BCUT2D eigenvalue weighted by Gasteiger charge is 2.36. The minimum absolute atomic E-state index is 0.595. The van der Waals surface area contributed by atoms with E-state index in [0.717, 1.165) is 12.1 Å². The zero-order valence-electron chi connectivity index (χ0n) is 12.8. The zero-order chi connectivity index (χ0) is 13.1. The SMILES string of the molecule is CN(CC1(CNC2CC2)CCCCC1)C1CCCC1. The molecule has 0 atom stereocenters. The van der Waals surface area contributed by atoms with Crippen molar-refractivity contribution in [3.8, 4) is 0 Å². The Kier molecular flexibility index (Phi) is 4.48. The maximum absolute atomic E-state index is 3.84. The molecule has 0 amide bonds. The second-order valence-electron chi connectivity index (χ2n) is 7.57. The van der Waals surface area contributed by atoms with Crippen LogP contribution in [-0.4, -0.2) is 37.1 Å². The van der Waals surface area contributed by atoms with Crippen LogP contribution in [0.25, 0.3) is 0 Å². The lowest BCUT2D eigenvalue weighted by Crippen LogP contribution is -2.47. The Bertz CT molecular complexity index is 273. The second kappa shape index (κ2) is 6.13. The molecule has 0 radical (unpaired) electrons. The molecule has 110 valence electrons. The van der Waals surface area contributed by atoms with Crippen molar-refractivity contribution in [1.29, 1.82) is 0 Å². The molecular formula is C17H32N2. The summed E-state index contributed by atoms with van der Waals surface area (Å²) in [6.45, 7) is 2.63. The summed E-state index contributed by atoms with van der Waals surface area (Å²) in [5.41, 5.74) is 0.595. The van der Waals surface area contributed by atoms with Crippen LogP contribution in [0, 0.1) is 5.41 Å². The molecule has 3 fully saturated rings. The Hall–Kier alpha value is -0.0800. The van der Waals surface area contributed by atoms with Gasteiger partial charge in [-0.3, -0.25) is 0 Å². The van der Waals surface area contributed by atoms with Crippen molar-refractivity contribution >= 4 is 0 Å². The van der Waals surface area contributed by atoms with Crippen molar-refractivity contribution in [2.45, 2.75) is 82.7 Å². The molecule has 0 aromatic heterocycles. The van der Waals surface area contributed by atoms with Gasteiger partial charge in [-0.05, 0) is 51.0 Å². The topological polar surface area (TPSA) is 15.3 Å². The lowest BCUT2D eigenvalue weighted by molar-refractivity contribution is 0.0935. The predicted molar refractivity (Wildman–Crippen MR) is 81.4 cm³/mol. The molecule has 0 aromatic rings. The van der Waals surface area contributed by atoms with Crippen molar-refractivity contribution in [1.82, 2.24) is 10.2 Å². The van der Waals surface area contributed by atoms with Gasteiger partial charge in [-0.25, -0.2) is 0 Å². The first kappa shape index (κ1) is 13.9.